The predicted molar refractivity (Wildman–Crippen MR) is 125 cm³/mol. The molecule has 1 amide bonds. The number of carbonyl (C=O) groups excluding carboxylic acids is 2. The molecule has 168 valence electrons. The highest BCUT2D eigenvalue weighted by atomic mass is 32.2. The zero-order valence-electron chi connectivity index (χ0n) is 18.5. The van der Waals surface area contributed by atoms with Crippen LogP contribution in [0.4, 0.5) is 4.79 Å². The van der Waals surface area contributed by atoms with E-state index in [1.807, 2.05) is 30.3 Å². The van der Waals surface area contributed by atoms with Crippen LogP contribution >= 0.6 is 11.8 Å². The van der Waals surface area contributed by atoms with Crippen molar-refractivity contribution in [1.82, 2.24) is 15.2 Å². The van der Waals surface area contributed by atoms with E-state index in [4.69, 9.17) is 10.5 Å². The minimum absolute atomic E-state index is 0.129. The third-order valence-electron chi connectivity index (χ3n) is 5.08. The quantitative estimate of drug-likeness (QED) is 0.632. The standard InChI is InChI=1S/C23H32N4O3S/c1-22(2,3)30-21(29)27-13-14-31-16-23(27,24)20(28)9-6-12-25-15-18-11-10-17-7-4-5-8-19(17)26-18/h4-5,7-8,10-11,25H,6,9,12-16,24H2,1-3H3. The first-order chi connectivity index (χ1) is 14.7. The molecule has 3 N–H and O–H groups in total. The van der Waals surface area contributed by atoms with E-state index >= 15 is 0 Å². The Balaban J connectivity index is 1.49. The van der Waals surface area contributed by atoms with Crippen LogP contribution in [0.3, 0.4) is 0 Å². The van der Waals surface area contributed by atoms with Gasteiger partial charge in [-0.05, 0) is 45.9 Å². The number of nitrogens with zero attached hydrogens (tertiary/aromatic N) is 2. The molecule has 1 aromatic heterocycles. The number of thioether (sulfide) groups is 1. The van der Waals surface area contributed by atoms with Crippen molar-refractivity contribution in [3.63, 3.8) is 0 Å². The topological polar surface area (TPSA) is 97.5 Å². The molecule has 1 fully saturated rings. The highest BCUT2D eigenvalue weighted by Crippen LogP contribution is 2.27. The second-order valence-electron chi connectivity index (χ2n) is 8.81. The number of nitrogens with one attached hydrogen (secondary N) is 1. The lowest BCUT2D eigenvalue weighted by molar-refractivity contribution is -0.130. The van der Waals surface area contributed by atoms with E-state index in [0.29, 0.717) is 38.2 Å². The number of nitrogens with two attached hydrogens (primary N) is 1. The number of para-hydroxylation sites is 1. The van der Waals surface area contributed by atoms with Crippen LogP contribution < -0.4 is 11.1 Å². The monoisotopic (exact) mass is 444 g/mol. The van der Waals surface area contributed by atoms with Crippen molar-refractivity contribution in [3.8, 4) is 0 Å². The van der Waals surface area contributed by atoms with Crippen molar-refractivity contribution in [1.29, 1.82) is 0 Å². The molecule has 0 aliphatic carbocycles. The number of Topliss-reactive ketones (excluding diaryl/α,β-unsaturated/α-hetero) is 1. The van der Waals surface area contributed by atoms with Crippen LogP contribution in [0.25, 0.3) is 10.9 Å². The Kier molecular flexibility index (Phi) is 7.56. The molecule has 2 aromatic rings. The zero-order valence-corrected chi connectivity index (χ0v) is 19.3. The largest absolute Gasteiger partial charge is 0.444 e. The fourth-order valence-corrected chi connectivity index (χ4v) is 4.56. The van der Waals surface area contributed by atoms with Gasteiger partial charge in [-0.25, -0.2) is 4.79 Å². The molecule has 1 aliphatic rings. The Morgan fingerprint density at radius 3 is 2.81 bits per heavy atom. The SMILES string of the molecule is CC(C)(C)OC(=O)N1CCSCC1(N)C(=O)CCCNCc1ccc2ccccc2n1. The number of ether oxygens (including phenoxy) is 1. The van der Waals surface area contributed by atoms with Gasteiger partial charge in [0, 0.05) is 36.4 Å². The maximum atomic E-state index is 13.0. The molecule has 0 spiro atoms. The van der Waals surface area contributed by atoms with E-state index in [9.17, 15) is 9.59 Å². The van der Waals surface area contributed by atoms with Crippen molar-refractivity contribution in [2.75, 3.05) is 24.6 Å². The molecule has 31 heavy (non-hydrogen) atoms. The van der Waals surface area contributed by atoms with Crippen molar-refractivity contribution in [3.05, 3.63) is 42.1 Å². The predicted octanol–water partition coefficient (Wildman–Crippen LogP) is 3.31. The summed E-state index contributed by atoms with van der Waals surface area (Å²) in [5.41, 5.74) is 6.43. The molecule has 2 heterocycles. The number of rotatable bonds is 7. The number of carbonyl (C=O) groups is 2. The summed E-state index contributed by atoms with van der Waals surface area (Å²) in [6.07, 6.45) is 0.413. The summed E-state index contributed by atoms with van der Waals surface area (Å²) in [7, 11) is 0. The van der Waals surface area contributed by atoms with Crippen molar-refractivity contribution < 1.29 is 14.3 Å². The van der Waals surface area contributed by atoms with E-state index in [0.717, 1.165) is 22.3 Å². The number of fused-ring (bicyclic) bond motifs is 1. The van der Waals surface area contributed by atoms with Crippen molar-refractivity contribution in [2.45, 2.75) is 51.4 Å². The molecule has 1 aromatic carbocycles. The first-order valence-corrected chi connectivity index (χ1v) is 11.8. The first kappa shape index (κ1) is 23.5. The van der Waals surface area contributed by atoms with Gasteiger partial charge in [0.1, 0.15) is 5.60 Å². The smallest absolute Gasteiger partial charge is 0.412 e. The molecule has 1 unspecified atom stereocenters. The minimum Gasteiger partial charge on any atom is -0.444 e. The third kappa shape index (κ3) is 6.18. The number of benzene rings is 1. The minimum atomic E-state index is -1.31. The Morgan fingerprint density at radius 2 is 2.03 bits per heavy atom. The van der Waals surface area contributed by atoms with Gasteiger partial charge in [0.15, 0.2) is 11.4 Å². The fourth-order valence-electron chi connectivity index (χ4n) is 3.48. The van der Waals surface area contributed by atoms with Crippen molar-refractivity contribution >= 4 is 34.5 Å². The maximum Gasteiger partial charge on any atom is 0.412 e. The number of hydrogen-bond donors (Lipinski definition) is 2. The molecule has 0 saturated carbocycles. The van der Waals surface area contributed by atoms with Gasteiger partial charge in [-0.15, -0.1) is 0 Å². The van der Waals surface area contributed by atoms with Crippen LogP contribution in [0, 0.1) is 0 Å². The number of ketones is 1. The number of pyridine rings is 1. The number of aromatic nitrogens is 1. The number of amides is 1. The van der Waals surface area contributed by atoms with Crippen LogP contribution in [0.2, 0.25) is 0 Å². The van der Waals surface area contributed by atoms with Crippen LogP contribution in [-0.4, -0.2) is 57.6 Å². The van der Waals surface area contributed by atoms with E-state index in [1.165, 1.54) is 4.90 Å². The lowest BCUT2D eigenvalue weighted by atomic mass is 10.0. The Morgan fingerprint density at radius 1 is 1.26 bits per heavy atom. The molecule has 7 nitrogen and oxygen atoms in total. The summed E-state index contributed by atoms with van der Waals surface area (Å²) in [5, 5.41) is 4.45. The normalized spacial score (nSPS) is 19.4. The van der Waals surface area contributed by atoms with Crippen molar-refractivity contribution in [2.24, 2.45) is 5.73 Å². The van der Waals surface area contributed by atoms with Crippen LogP contribution in [0.15, 0.2) is 36.4 Å². The van der Waals surface area contributed by atoms with E-state index in [2.05, 4.69) is 16.4 Å². The van der Waals surface area contributed by atoms with Gasteiger partial charge in [0.05, 0.1) is 11.2 Å². The van der Waals surface area contributed by atoms with Gasteiger partial charge in [-0.3, -0.25) is 14.7 Å². The lowest BCUT2D eigenvalue weighted by Crippen LogP contribution is -2.68. The molecule has 0 radical (unpaired) electrons. The van der Waals surface area contributed by atoms with E-state index in [1.54, 1.807) is 32.5 Å². The summed E-state index contributed by atoms with van der Waals surface area (Å²) >= 11 is 1.59. The van der Waals surface area contributed by atoms with E-state index in [-0.39, 0.29) is 5.78 Å². The second-order valence-corrected chi connectivity index (χ2v) is 9.91. The van der Waals surface area contributed by atoms with Crippen LogP contribution in [-0.2, 0) is 16.1 Å². The average Bonchev–Trinajstić information content (AvgIpc) is 2.72. The average molecular weight is 445 g/mol. The first-order valence-electron chi connectivity index (χ1n) is 10.6. The van der Waals surface area contributed by atoms with Gasteiger partial charge in [0.2, 0.25) is 0 Å². The molecular weight excluding hydrogens is 412 g/mol. The Hall–Kier alpha value is -2.16. The maximum absolute atomic E-state index is 13.0. The summed E-state index contributed by atoms with van der Waals surface area (Å²) < 4.78 is 5.47. The molecule has 1 aliphatic heterocycles. The van der Waals surface area contributed by atoms with Gasteiger partial charge in [-0.2, -0.15) is 11.8 Å². The zero-order chi connectivity index (χ0) is 22.5. The van der Waals surface area contributed by atoms with Crippen LogP contribution in [0.1, 0.15) is 39.3 Å². The fraction of sp³-hybridized carbons (Fsp3) is 0.522. The lowest BCUT2D eigenvalue weighted by Gasteiger charge is -2.43. The second kappa shape index (κ2) is 9.97. The van der Waals surface area contributed by atoms with Gasteiger partial charge < -0.3 is 15.8 Å². The molecule has 3 rings (SSSR count). The molecule has 1 saturated heterocycles. The number of hydrogen-bond acceptors (Lipinski definition) is 7. The highest BCUT2D eigenvalue weighted by Gasteiger charge is 2.45. The third-order valence-corrected chi connectivity index (χ3v) is 6.19. The molecule has 8 heteroatoms. The summed E-state index contributed by atoms with van der Waals surface area (Å²) in [4.78, 5) is 31.6. The molecule has 1 atom stereocenters. The Labute approximate surface area is 188 Å². The van der Waals surface area contributed by atoms with Gasteiger partial charge in [-0.1, -0.05) is 24.3 Å². The molecule has 0 bridgehead atoms. The van der Waals surface area contributed by atoms with Gasteiger partial charge >= 0.3 is 6.09 Å². The highest BCUT2D eigenvalue weighted by molar-refractivity contribution is 7.99. The van der Waals surface area contributed by atoms with Gasteiger partial charge in [0.25, 0.3) is 0 Å². The van der Waals surface area contributed by atoms with E-state index < -0.39 is 17.4 Å². The summed E-state index contributed by atoms with van der Waals surface area (Å²) in [5.74, 6) is 1.00. The molecular formula is C23H32N4O3S. The summed E-state index contributed by atoms with van der Waals surface area (Å²) in [6.45, 7) is 7.12. The van der Waals surface area contributed by atoms with Crippen LogP contribution in [0.5, 0.6) is 0 Å². The Bertz CT molecular complexity index is 930. The summed E-state index contributed by atoms with van der Waals surface area (Å²) in [6, 6.07) is 12.1.